The van der Waals surface area contributed by atoms with Crippen LogP contribution in [0.25, 0.3) is 11.4 Å². The first-order valence-corrected chi connectivity index (χ1v) is 14.7. The highest BCUT2D eigenvalue weighted by atomic mass is 35.5. The number of benzene rings is 2. The van der Waals surface area contributed by atoms with Crippen molar-refractivity contribution < 1.29 is 9.18 Å². The van der Waals surface area contributed by atoms with Crippen molar-refractivity contribution in [2.75, 3.05) is 72.9 Å². The van der Waals surface area contributed by atoms with Gasteiger partial charge in [-0.3, -0.25) is 9.69 Å². The lowest BCUT2D eigenvalue weighted by molar-refractivity contribution is -0.117. The molecule has 10 nitrogen and oxygen atoms in total. The van der Waals surface area contributed by atoms with Crippen LogP contribution in [0.15, 0.2) is 60.9 Å². The van der Waals surface area contributed by atoms with E-state index in [1.54, 1.807) is 41.4 Å². The van der Waals surface area contributed by atoms with Gasteiger partial charge in [-0.05, 0) is 49.4 Å². The summed E-state index contributed by atoms with van der Waals surface area (Å²) in [5, 5.41) is 3.63. The number of halogens is 2. The molecule has 4 aromatic rings. The number of likely N-dealkylation sites (N-methyl/N-ethyl adjacent to an activating group) is 1. The Bertz CT molecular complexity index is 1610. The molecule has 0 unspecified atom stereocenters. The van der Waals surface area contributed by atoms with Gasteiger partial charge in [-0.15, -0.1) is 0 Å². The summed E-state index contributed by atoms with van der Waals surface area (Å²) >= 11 is 5.93. The predicted molar refractivity (Wildman–Crippen MR) is 167 cm³/mol. The van der Waals surface area contributed by atoms with Crippen LogP contribution in [0.4, 0.5) is 27.5 Å². The van der Waals surface area contributed by atoms with Gasteiger partial charge in [0.1, 0.15) is 11.5 Å². The second-order valence-electron chi connectivity index (χ2n) is 10.8. The van der Waals surface area contributed by atoms with E-state index in [2.05, 4.69) is 42.2 Å². The smallest absolute Gasteiger partial charge is 0.246 e. The molecule has 1 amide bonds. The van der Waals surface area contributed by atoms with Crippen molar-refractivity contribution in [2.24, 2.45) is 0 Å². The normalized spacial score (nSPS) is 15.5. The highest BCUT2D eigenvalue weighted by Crippen LogP contribution is 2.34. The van der Waals surface area contributed by atoms with Gasteiger partial charge in [-0.2, -0.15) is 0 Å². The first-order valence-electron chi connectivity index (χ1n) is 14.3. The molecule has 43 heavy (non-hydrogen) atoms. The average Bonchev–Trinajstić information content (AvgIpc) is 3.01. The van der Waals surface area contributed by atoms with Crippen LogP contribution in [-0.2, 0) is 11.3 Å². The number of carbonyl (C=O) groups is 1. The second-order valence-corrected chi connectivity index (χ2v) is 11.2. The first kappa shape index (κ1) is 28.8. The van der Waals surface area contributed by atoms with E-state index in [9.17, 15) is 9.18 Å². The Hall–Kier alpha value is -4.35. The molecule has 6 rings (SSSR count). The fraction of sp³-hybridized carbons (Fsp3) is 0.323. The molecule has 2 aliphatic rings. The molecular weight excluding hydrogens is 569 g/mol. The van der Waals surface area contributed by atoms with Gasteiger partial charge in [0.25, 0.3) is 0 Å². The molecule has 0 spiro atoms. The maximum Gasteiger partial charge on any atom is 0.246 e. The minimum atomic E-state index is -0.417. The maximum absolute atomic E-state index is 14.6. The molecule has 2 aromatic carbocycles. The number of aromatic nitrogens is 4. The van der Waals surface area contributed by atoms with Crippen LogP contribution in [0.1, 0.15) is 11.3 Å². The zero-order valence-electron chi connectivity index (χ0n) is 24.2. The number of nitrogens with zero attached hydrogens (tertiary/aromatic N) is 8. The molecule has 0 aliphatic carbocycles. The summed E-state index contributed by atoms with van der Waals surface area (Å²) in [6.45, 7) is 7.79. The number of hydrogen-bond donors (Lipinski definition) is 1. The SMILES string of the molecule is Cc1ccnc(NCCN2CCN(c3ccc(-c4ncc5c(n4)N(Cc4ccc(Cl)cc4F)CC(=O)N5C)cc3)CC2)n1. The molecule has 222 valence electrons. The summed E-state index contributed by atoms with van der Waals surface area (Å²) in [5.41, 5.74) is 4.00. The molecule has 0 bridgehead atoms. The van der Waals surface area contributed by atoms with E-state index in [0.717, 1.165) is 56.2 Å². The number of carbonyl (C=O) groups excluding carboxylic acids is 1. The summed E-state index contributed by atoms with van der Waals surface area (Å²) in [4.78, 5) is 38.9. The average molecular weight is 602 g/mol. The predicted octanol–water partition coefficient (Wildman–Crippen LogP) is 4.25. The van der Waals surface area contributed by atoms with Crippen molar-refractivity contribution in [1.82, 2.24) is 24.8 Å². The largest absolute Gasteiger partial charge is 0.369 e. The number of piperazine rings is 1. The maximum atomic E-state index is 14.6. The summed E-state index contributed by atoms with van der Waals surface area (Å²) in [6, 6.07) is 14.7. The molecule has 0 saturated carbocycles. The minimum absolute atomic E-state index is 0.0860. The molecule has 1 N–H and O–H groups in total. The Morgan fingerprint density at radius 3 is 2.53 bits per heavy atom. The van der Waals surface area contributed by atoms with E-state index in [1.807, 2.05) is 25.1 Å². The van der Waals surface area contributed by atoms with Gasteiger partial charge >= 0.3 is 0 Å². The summed E-state index contributed by atoms with van der Waals surface area (Å²) in [7, 11) is 1.70. The lowest BCUT2D eigenvalue weighted by Crippen LogP contribution is -2.47. The number of anilines is 4. The lowest BCUT2D eigenvalue weighted by atomic mass is 10.1. The first-order chi connectivity index (χ1) is 20.8. The van der Waals surface area contributed by atoms with Crippen LogP contribution < -0.4 is 20.0 Å². The fourth-order valence-electron chi connectivity index (χ4n) is 5.35. The van der Waals surface area contributed by atoms with Gasteiger partial charge in [0.2, 0.25) is 11.9 Å². The Morgan fingerprint density at radius 2 is 1.79 bits per heavy atom. The molecule has 0 radical (unpaired) electrons. The highest BCUT2D eigenvalue weighted by Gasteiger charge is 2.30. The van der Waals surface area contributed by atoms with E-state index in [-0.39, 0.29) is 19.0 Å². The van der Waals surface area contributed by atoms with Crippen LogP contribution >= 0.6 is 11.6 Å². The molecule has 2 aromatic heterocycles. The Morgan fingerprint density at radius 1 is 1.00 bits per heavy atom. The van der Waals surface area contributed by atoms with Gasteiger partial charge in [0.15, 0.2) is 11.6 Å². The Labute approximate surface area is 255 Å². The van der Waals surface area contributed by atoms with Crippen LogP contribution in [0.2, 0.25) is 5.02 Å². The van der Waals surface area contributed by atoms with Crippen molar-refractivity contribution in [2.45, 2.75) is 13.5 Å². The number of rotatable bonds is 8. The highest BCUT2D eigenvalue weighted by molar-refractivity contribution is 6.30. The van der Waals surface area contributed by atoms with Crippen molar-refractivity contribution >= 4 is 40.6 Å². The van der Waals surface area contributed by atoms with E-state index in [0.29, 0.717) is 33.9 Å². The Balaban J connectivity index is 1.10. The third-order valence-corrected chi connectivity index (χ3v) is 8.09. The van der Waals surface area contributed by atoms with Crippen LogP contribution in [0.3, 0.4) is 0 Å². The van der Waals surface area contributed by atoms with Crippen LogP contribution in [0, 0.1) is 12.7 Å². The molecule has 4 heterocycles. The topological polar surface area (TPSA) is 93.6 Å². The molecule has 2 aliphatic heterocycles. The standard InChI is InChI=1S/C31H33ClFN9O/c1-21-9-10-34-31(37-21)35-11-12-40-13-15-41(16-14-40)25-7-4-22(5-8-25)29-36-18-27-30(38-29)42(20-28(43)39(27)2)19-23-3-6-24(32)17-26(23)33/h3-10,17-18H,11-16,19-20H2,1-2H3,(H,34,35,37). The number of nitrogens with one attached hydrogen (secondary N) is 1. The molecule has 1 saturated heterocycles. The fourth-order valence-corrected chi connectivity index (χ4v) is 5.51. The van der Waals surface area contributed by atoms with Crippen molar-refractivity contribution in [3.05, 3.63) is 83.0 Å². The second kappa shape index (κ2) is 12.5. The van der Waals surface area contributed by atoms with E-state index >= 15 is 0 Å². The van der Waals surface area contributed by atoms with E-state index in [1.165, 1.54) is 6.07 Å². The monoisotopic (exact) mass is 601 g/mol. The van der Waals surface area contributed by atoms with Crippen LogP contribution in [-0.4, -0.2) is 83.6 Å². The number of fused-ring (bicyclic) bond motifs is 1. The number of amides is 1. The zero-order valence-corrected chi connectivity index (χ0v) is 24.9. The summed E-state index contributed by atoms with van der Waals surface area (Å²) in [5.74, 6) is 1.28. The Kier molecular flexibility index (Phi) is 8.35. The summed E-state index contributed by atoms with van der Waals surface area (Å²) < 4.78 is 14.6. The van der Waals surface area contributed by atoms with E-state index < -0.39 is 5.82 Å². The molecule has 0 atom stereocenters. The van der Waals surface area contributed by atoms with Gasteiger partial charge in [0.05, 0.1) is 12.7 Å². The minimum Gasteiger partial charge on any atom is -0.369 e. The number of aryl methyl sites for hydroxylation is 1. The third-order valence-electron chi connectivity index (χ3n) is 7.86. The van der Waals surface area contributed by atoms with Crippen molar-refractivity contribution in [3.8, 4) is 11.4 Å². The van der Waals surface area contributed by atoms with Gasteiger partial charge in [0, 0.05) is 86.6 Å². The van der Waals surface area contributed by atoms with E-state index in [4.69, 9.17) is 16.6 Å². The van der Waals surface area contributed by atoms with Gasteiger partial charge < -0.3 is 20.0 Å². The molecule has 1 fully saturated rings. The quantitative estimate of drug-likeness (QED) is 0.318. The van der Waals surface area contributed by atoms with Gasteiger partial charge in [-0.1, -0.05) is 17.7 Å². The summed E-state index contributed by atoms with van der Waals surface area (Å²) in [6.07, 6.45) is 3.43. The van der Waals surface area contributed by atoms with Crippen molar-refractivity contribution in [1.29, 1.82) is 0 Å². The molecular formula is C31H33ClFN9O. The van der Waals surface area contributed by atoms with Crippen LogP contribution in [0.5, 0.6) is 0 Å². The third kappa shape index (κ3) is 6.52. The molecule has 12 heteroatoms. The number of hydrogen-bond acceptors (Lipinski definition) is 9. The van der Waals surface area contributed by atoms with Gasteiger partial charge in [-0.25, -0.2) is 24.3 Å². The van der Waals surface area contributed by atoms with Crippen molar-refractivity contribution in [3.63, 3.8) is 0 Å². The zero-order chi connectivity index (χ0) is 29.9. The lowest BCUT2D eigenvalue weighted by Gasteiger charge is -2.36.